The van der Waals surface area contributed by atoms with Gasteiger partial charge in [-0.15, -0.1) is 0 Å². The van der Waals surface area contributed by atoms with E-state index in [1.54, 1.807) is 0 Å². The molecule has 0 saturated carbocycles. The number of nitrogens with one attached hydrogen (secondary N) is 1. The van der Waals surface area contributed by atoms with Crippen molar-refractivity contribution in [3.05, 3.63) is 64.6 Å². The minimum absolute atomic E-state index is 0. The Bertz CT molecular complexity index is 610. The summed E-state index contributed by atoms with van der Waals surface area (Å²) in [6.07, 6.45) is -0.0919. The summed E-state index contributed by atoms with van der Waals surface area (Å²) in [4.78, 5) is 16.3. The fourth-order valence-electron chi connectivity index (χ4n) is 1.89. The van der Waals surface area contributed by atoms with Gasteiger partial charge in [0, 0.05) is 4.47 Å². The number of carbonyl (C=O) groups is 1. The fourth-order valence-corrected chi connectivity index (χ4v) is 2.15. The zero-order valence-corrected chi connectivity index (χ0v) is 14.0. The Morgan fingerprint density at radius 3 is 2.42 bits per heavy atom. The quantitative estimate of drug-likeness (QED) is 0.511. The van der Waals surface area contributed by atoms with E-state index in [4.69, 9.17) is 14.7 Å². The Morgan fingerprint density at radius 2 is 1.79 bits per heavy atom. The molecule has 2 N–H and O–H groups in total. The van der Waals surface area contributed by atoms with E-state index in [1.807, 2.05) is 54.6 Å². The van der Waals surface area contributed by atoms with Crippen LogP contribution in [0.2, 0.25) is 0 Å². The number of hydroxylamine groups is 1. The maximum absolute atomic E-state index is 10.9. The third-order valence-electron chi connectivity index (χ3n) is 3.02. The van der Waals surface area contributed by atoms with Crippen LogP contribution in [-0.4, -0.2) is 42.6 Å². The van der Waals surface area contributed by atoms with Crippen LogP contribution in [0.4, 0.5) is 0 Å². The Hall–Kier alpha value is -1.29. The Labute approximate surface area is 161 Å². The normalized spacial score (nSPS) is 11.4. The van der Waals surface area contributed by atoms with E-state index in [1.165, 1.54) is 0 Å². The Kier molecular flexibility index (Phi) is 9.77. The summed E-state index contributed by atoms with van der Waals surface area (Å²) in [5, 5.41) is 8.98. The van der Waals surface area contributed by atoms with Crippen molar-refractivity contribution in [3.8, 4) is 5.75 Å². The predicted molar refractivity (Wildman–Crippen MR) is 97.2 cm³/mol. The van der Waals surface area contributed by atoms with Gasteiger partial charge in [0.05, 0.1) is 19.1 Å². The van der Waals surface area contributed by atoms with Gasteiger partial charge in [0.15, 0.2) is 0 Å². The third kappa shape index (κ3) is 8.00. The van der Waals surface area contributed by atoms with E-state index in [9.17, 15) is 4.79 Å². The molecule has 0 aliphatic heterocycles. The van der Waals surface area contributed by atoms with E-state index >= 15 is 0 Å². The van der Waals surface area contributed by atoms with Crippen molar-refractivity contribution in [2.75, 3.05) is 6.61 Å². The van der Waals surface area contributed by atoms with Crippen LogP contribution >= 0.6 is 15.9 Å². The number of ether oxygens (including phenoxy) is 1. The number of hydrogen-bond acceptors (Lipinski definition) is 4. The van der Waals surface area contributed by atoms with E-state index in [0.717, 1.165) is 10.0 Å². The summed E-state index contributed by atoms with van der Waals surface area (Å²) in [5.74, 6) is -0.237. The monoisotopic (exact) mass is 387 g/mol. The molecule has 7 heteroatoms. The van der Waals surface area contributed by atoms with E-state index < -0.39 is 12.0 Å². The molecule has 0 bridgehead atoms. The van der Waals surface area contributed by atoms with Gasteiger partial charge in [0.1, 0.15) is 12.4 Å². The first kappa shape index (κ1) is 20.8. The van der Waals surface area contributed by atoms with E-state index in [2.05, 4.69) is 21.4 Å². The van der Waals surface area contributed by atoms with Crippen LogP contribution in [0.3, 0.4) is 0 Å². The number of benzene rings is 2. The zero-order valence-electron chi connectivity index (χ0n) is 12.4. The van der Waals surface area contributed by atoms with E-state index in [0.29, 0.717) is 12.4 Å². The zero-order chi connectivity index (χ0) is 16.5. The molecule has 0 unspecified atom stereocenters. The molecule has 2 aromatic carbocycles. The molecule has 0 aliphatic rings. The minimum atomic E-state index is -0.912. The number of carboxylic acids is 1. The molecular formula is C17H19BrLiNO4. The molecule has 24 heavy (non-hydrogen) atoms. The summed E-state index contributed by atoms with van der Waals surface area (Å²) in [5.41, 5.74) is 3.77. The fraction of sp³-hybridized carbons (Fsp3) is 0.235. The molecule has 5 nitrogen and oxygen atoms in total. The molecule has 0 spiro atoms. The molecular weight excluding hydrogens is 369 g/mol. The average molecular weight is 388 g/mol. The first-order valence-electron chi connectivity index (χ1n) is 7.15. The van der Waals surface area contributed by atoms with Gasteiger partial charge in [-0.05, 0) is 29.8 Å². The molecule has 2 rings (SSSR count). The van der Waals surface area contributed by atoms with Crippen molar-refractivity contribution >= 4 is 40.8 Å². The van der Waals surface area contributed by atoms with Gasteiger partial charge in [-0.25, -0.2) is 0 Å². The van der Waals surface area contributed by atoms with Gasteiger partial charge in [0.25, 0.3) is 0 Å². The summed E-state index contributed by atoms with van der Waals surface area (Å²) in [7, 11) is 0. The van der Waals surface area contributed by atoms with Crippen LogP contribution in [0.1, 0.15) is 12.0 Å². The maximum atomic E-state index is 10.9. The van der Waals surface area contributed by atoms with Gasteiger partial charge >= 0.3 is 24.8 Å². The second-order valence-corrected chi connectivity index (χ2v) is 5.87. The molecule has 0 radical (unpaired) electrons. The van der Waals surface area contributed by atoms with Crippen LogP contribution in [-0.2, 0) is 16.2 Å². The van der Waals surface area contributed by atoms with Gasteiger partial charge in [-0.3, -0.25) is 9.63 Å². The van der Waals surface area contributed by atoms with E-state index in [-0.39, 0.29) is 31.9 Å². The number of carboxylic acid groups (broad SMARTS) is 1. The molecule has 0 amide bonds. The molecule has 0 fully saturated rings. The van der Waals surface area contributed by atoms with Crippen LogP contribution in [0, 0.1) is 0 Å². The number of halogens is 1. The van der Waals surface area contributed by atoms with Crippen molar-refractivity contribution in [1.82, 2.24) is 5.48 Å². The van der Waals surface area contributed by atoms with Gasteiger partial charge in [-0.2, -0.15) is 5.48 Å². The molecule has 0 aromatic heterocycles. The van der Waals surface area contributed by atoms with Crippen molar-refractivity contribution in [1.29, 1.82) is 0 Å². The van der Waals surface area contributed by atoms with Crippen molar-refractivity contribution in [2.24, 2.45) is 0 Å². The number of hydrogen-bond donors (Lipinski definition) is 2. The number of aliphatic carboxylic acids is 1. The van der Waals surface area contributed by atoms with Gasteiger partial charge < -0.3 is 9.84 Å². The third-order valence-corrected chi connectivity index (χ3v) is 3.55. The molecule has 0 aliphatic carbocycles. The van der Waals surface area contributed by atoms with Gasteiger partial charge in [0.2, 0.25) is 0 Å². The summed E-state index contributed by atoms with van der Waals surface area (Å²) in [6, 6.07) is 16.5. The molecule has 1 atom stereocenters. The molecule has 0 saturated heterocycles. The van der Waals surface area contributed by atoms with Crippen LogP contribution < -0.4 is 10.2 Å². The summed E-state index contributed by atoms with van der Waals surface area (Å²) < 4.78 is 6.55. The Balaban J connectivity index is 0.00000288. The summed E-state index contributed by atoms with van der Waals surface area (Å²) in [6.45, 7) is 0.554. The SMILES string of the molecule is O=C(O)C[C@H](COc1ccc(Br)cc1)NOCc1ccccc1.[LiH]. The van der Waals surface area contributed by atoms with Crippen LogP contribution in [0.15, 0.2) is 59.1 Å². The predicted octanol–water partition coefficient (Wildman–Crippen LogP) is 2.74. The topological polar surface area (TPSA) is 67.8 Å². The number of rotatable bonds is 9. The molecule has 2 aromatic rings. The Morgan fingerprint density at radius 1 is 1.12 bits per heavy atom. The standard InChI is InChI=1S/C17H18BrNO4.Li.H/c18-14-6-8-16(9-7-14)22-12-15(10-17(20)21)19-23-11-13-4-2-1-3-5-13;;/h1-9,15,19H,10-12H2,(H,20,21);;/t15-;;/m1../s1. The van der Waals surface area contributed by atoms with Crippen molar-refractivity contribution in [2.45, 2.75) is 19.1 Å². The molecule has 0 heterocycles. The second kappa shape index (κ2) is 11.3. The second-order valence-electron chi connectivity index (χ2n) is 4.95. The van der Waals surface area contributed by atoms with Crippen LogP contribution in [0.5, 0.6) is 5.75 Å². The first-order chi connectivity index (χ1) is 11.1. The van der Waals surface area contributed by atoms with Crippen molar-refractivity contribution < 1.29 is 19.5 Å². The van der Waals surface area contributed by atoms with Gasteiger partial charge in [-0.1, -0.05) is 46.3 Å². The van der Waals surface area contributed by atoms with Crippen LogP contribution in [0.25, 0.3) is 0 Å². The first-order valence-corrected chi connectivity index (χ1v) is 7.94. The van der Waals surface area contributed by atoms with Crippen molar-refractivity contribution in [3.63, 3.8) is 0 Å². The molecule has 124 valence electrons. The summed E-state index contributed by atoms with van der Waals surface area (Å²) >= 11 is 3.35. The average Bonchev–Trinajstić information content (AvgIpc) is 2.54.